The van der Waals surface area contributed by atoms with Crippen LogP contribution in [-0.2, 0) is 14.3 Å². The van der Waals surface area contributed by atoms with Crippen LogP contribution in [0.1, 0.15) is 39.5 Å². The van der Waals surface area contributed by atoms with Gasteiger partial charge in [-0.15, -0.1) is 0 Å². The fourth-order valence-electron chi connectivity index (χ4n) is 1.38. The van der Waals surface area contributed by atoms with Gasteiger partial charge in [-0.1, -0.05) is 13.5 Å². The second-order valence-electron chi connectivity index (χ2n) is 4.40. The minimum atomic E-state index is 0.0834. The van der Waals surface area contributed by atoms with E-state index in [4.69, 9.17) is 9.47 Å². The Morgan fingerprint density at radius 3 is 2.50 bits per heavy atom. The second-order valence-corrected chi connectivity index (χ2v) is 4.40. The van der Waals surface area contributed by atoms with E-state index in [-0.39, 0.29) is 12.4 Å². The molecule has 0 rings (SSSR count). The van der Waals surface area contributed by atoms with E-state index in [0.717, 1.165) is 44.5 Å². The molecule has 0 saturated carbocycles. The van der Waals surface area contributed by atoms with Crippen LogP contribution in [0.25, 0.3) is 0 Å². The van der Waals surface area contributed by atoms with Crippen molar-refractivity contribution >= 4 is 5.78 Å². The lowest BCUT2D eigenvalue weighted by Gasteiger charge is -2.09. The Morgan fingerprint density at radius 1 is 1.11 bits per heavy atom. The normalized spacial score (nSPS) is 10.3. The quantitative estimate of drug-likeness (QED) is 0.514. The van der Waals surface area contributed by atoms with Crippen molar-refractivity contribution in [3.63, 3.8) is 0 Å². The van der Waals surface area contributed by atoms with Crippen molar-refractivity contribution in [3.8, 4) is 0 Å². The molecular weight excluding hydrogens is 230 g/mol. The van der Waals surface area contributed by atoms with Crippen molar-refractivity contribution in [2.75, 3.05) is 33.0 Å². The summed E-state index contributed by atoms with van der Waals surface area (Å²) in [6.07, 6.45) is 4.20. The average Bonchev–Trinajstić information content (AvgIpc) is 2.32. The zero-order chi connectivity index (χ0) is 13.6. The lowest BCUT2D eigenvalue weighted by Crippen LogP contribution is -2.18. The first-order valence-corrected chi connectivity index (χ1v) is 6.73. The minimum absolute atomic E-state index is 0.0834. The molecule has 18 heavy (non-hydrogen) atoms. The minimum Gasteiger partial charge on any atom is -0.387 e. The molecule has 0 aliphatic heterocycles. The van der Waals surface area contributed by atoms with Crippen molar-refractivity contribution in [2.24, 2.45) is 0 Å². The lowest BCUT2D eigenvalue weighted by atomic mass is 10.2. The van der Waals surface area contributed by atoms with Crippen molar-refractivity contribution in [2.45, 2.75) is 39.5 Å². The van der Waals surface area contributed by atoms with E-state index in [1.54, 1.807) is 0 Å². The zero-order valence-electron chi connectivity index (χ0n) is 11.8. The summed E-state index contributed by atoms with van der Waals surface area (Å²) >= 11 is 0. The zero-order valence-corrected chi connectivity index (χ0v) is 11.8. The predicted molar refractivity (Wildman–Crippen MR) is 73.6 cm³/mol. The van der Waals surface area contributed by atoms with Gasteiger partial charge in [-0.05, 0) is 32.6 Å². The number of carbonyl (C=O) groups is 1. The SMILES string of the molecule is C=C(COCCC)NCCCCCOCC(C)=O. The summed E-state index contributed by atoms with van der Waals surface area (Å²) in [5.41, 5.74) is 0.941. The van der Waals surface area contributed by atoms with Crippen LogP contribution < -0.4 is 5.32 Å². The van der Waals surface area contributed by atoms with Gasteiger partial charge in [0.2, 0.25) is 0 Å². The summed E-state index contributed by atoms with van der Waals surface area (Å²) in [6.45, 7) is 10.7. The van der Waals surface area contributed by atoms with Gasteiger partial charge in [-0.3, -0.25) is 4.79 Å². The number of hydrogen-bond donors (Lipinski definition) is 1. The Labute approximate surface area is 111 Å². The van der Waals surface area contributed by atoms with Crippen LogP contribution in [0.4, 0.5) is 0 Å². The van der Waals surface area contributed by atoms with Crippen LogP contribution in [0, 0.1) is 0 Å². The molecular formula is C14H27NO3. The van der Waals surface area contributed by atoms with E-state index >= 15 is 0 Å². The molecule has 0 amide bonds. The first-order chi connectivity index (χ1) is 8.66. The summed E-state index contributed by atoms with van der Waals surface area (Å²) in [4.78, 5) is 10.6. The van der Waals surface area contributed by atoms with Gasteiger partial charge < -0.3 is 14.8 Å². The summed E-state index contributed by atoms with van der Waals surface area (Å²) in [7, 11) is 0. The standard InChI is InChI=1S/C14H27NO3/c1-4-9-17-11-13(2)15-8-6-5-7-10-18-12-14(3)16/h15H,2,4-12H2,1,3H3. The van der Waals surface area contributed by atoms with Crippen molar-refractivity contribution in [1.82, 2.24) is 5.32 Å². The summed E-state index contributed by atoms with van der Waals surface area (Å²) in [5, 5.41) is 3.24. The van der Waals surface area contributed by atoms with Crippen LogP contribution in [0.15, 0.2) is 12.3 Å². The van der Waals surface area contributed by atoms with Crippen LogP contribution in [0.3, 0.4) is 0 Å². The molecule has 0 fully saturated rings. The molecule has 0 unspecified atom stereocenters. The molecule has 0 atom stereocenters. The maximum atomic E-state index is 10.6. The smallest absolute Gasteiger partial charge is 0.155 e. The number of nitrogens with one attached hydrogen (secondary N) is 1. The number of ether oxygens (including phenoxy) is 2. The van der Waals surface area contributed by atoms with E-state index in [2.05, 4.69) is 18.8 Å². The number of hydrogen-bond acceptors (Lipinski definition) is 4. The maximum absolute atomic E-state index is 10.6. The second kappa shape index (κ2) is 12.6. The third kappa shape index (κ3) is 13.2. The van der Waals surface area contributed by atoms with Crippen LogP contribution >= 0.6 is 0 Å². The number of rotatable bonds is 13. The Morgan fingerprint density at radius 2 is 1.83 bits per heavy atom. The van der Waals surface area contributed by atoms with Crippen LogP contribution in [-0.4, -0.2) is 38.8 Å². The largest absolute Gasteiger partial charge is 0.387 e. The molecule has 4 heteroatoms. The summed E-state index contributed by atoms with van der Waals surface area (Å²) in [5.74, 6) is 0.0834. The third-order valence-corrected chi connectivity index (χ3v) is 2.27. The highest BCUT2D eigenvalue weighted by molar-refractivity contribution is 5.76. The highest BCUT2D eigenvalue weighted by Gasteiger charge is 1.95. The van der Waals surface area contributed by atoms with Gasteiger partial charge in [0.25, 0.3) is 0 Å². The first-order valence-electron chi connectivity index (χ1n) is 6.73. The molecule has 0 spiro atoms. The topological polar surface area (TPSA) is 47.6 Å². The van der Waals surface area contributed by atoms with E-state index in [9.17, 15) is 4.79 Å². The molecule has 0 aliphatic carbocycles. The summed E-state index contributed by atoms with van der Waals surface area (Å²) in [6, 6.07) is 0. The van der Waals surface area contributed by atoms with Gasteiger partial charge in [0.05, 0.1) is 6.61 Å². The Balaban J connectivity index is 3.15. The van der Waals surface area contributed by atoms with Crippen molar-refractivity contribution in [3.05, 3.63) is 12.3 Å². The molecule has 0 saturated heterocycles. The molecule has 0 aliphatic rings. The van der Waals surface area contributed by atoms with E-state index < -0.39 is 0 Å². The number of carbonyl (C=O) groups excluding carboxylic acids is 1. The fourth-order valence-corrected chi connectivity index (χ4v) is 1.38. The number of Topliss-reactive ketones (excluding diaryl/α,β-unsaturated/α-hetero) is 1. The molecule has 0 radical (unpaired) electrons. The monoisotopic (exact) mass is 257 g/mol. The Kier molecular flexibility index (Phi) is 12.0. The molecule has 0 bridgehead atoms. The van der Waals surface area contributed by atoms with E-state index in [1.807, 2.05) is 0 Å². The molecule has 1 N–H and O–H groups in total. The van der Waals surface area contributed by atoms with Crippen molar-refractivity contribution in [1.29, 1.82) is 0 Å². The molecule has 0 aromatic rings. The van der Waals surface area contributed by atoms with Gasteiger partial charge in [0, 0.05) is 25.5 Å². The van der Waals surface area contributed by atoms with Gasteiger partial charge in [0.1, 0.15) is 6.61 Å². The Bertz CT molecular complexity index is 229. The van der Waals surface area contributed by atoms with E-state index in [0.29, 0.717) is 13.2 Å². The average molecular weight is 257 g/mol. The fraction of sp³-hybridized carbons (Fsp3) is 0.786. The van der Waals surface area contributed by atoms with Crippen molar-refractivity contribution < 1.29 is 14.3 Å². The van der Waals surface area contributed by atoms with Crippen LogP contribution in [0.2, 0.25) is 0 Å². The molecule has 0 aromatic heterocycles. The van der Waals surface area contributed by atoms with Gasteiger partial charge >= 0.3 is 0 Å². The number of unbranched alkanes of at least 4 members (excludes halogenated alkanes) is 2. The van der Waals surface area contributed by atoms with Crippen LogP contribution in [0.5, 0.6) is 0 Å². The van der Waals surface area contributed by atoms with Gasteiger partial charge in [-0.2, -0.15) is 0 Å². The highest BCUT2D eigenvalue weighted by Crippen LogP contribution is 1.96. The molecule has 4 nitrogen and oxygen atoms in total. The van der Waals surface area contributed by atoms with E-state index in [1.165, 1.54) is 6.92 Å². The predicted octanol–water partition coefficient (Wildman–Crippen LogP) is 2.29. The summed E-state index contributed by atoms with van der Waals surface area (Å²) < 4.78 is 10.5. The highest BCUT2D eigenvalue weighted by atomic mass is 16.5. The molecule has 0 heterocycles. The first kappa shape index (κ1) is 17.1. The molecule has 0 aromatic carbocycles. The molecule has 106 valence electrons. The Hall–Kier alpha value is -0.870. The number of ketones is 1. The lowest BCUT2D eigenvalue weighted by molar-refractivity contribution is -0.121. The maximum Gasteiger partial charge on any atom is 0.155 e. The van der Waals surface area contributed by atoms with Gasteiger partial charge in [-0.25, -0.2) is 0 Å². The third-order valence-electron chi connectivity index (χ3n) is 2.27. The van der Waals surface area contributed by atoms with Gasteiger partial charge in [0.15, 0.2) is 5.78 Å².